The van der Waals surface area contributed by atoms with Crippen molar-refractivity contribution in [2.75, 3.05) is 0 Å². The van der Waals surface area contributed by atoms with Gasteiger partial charge >= 0.3 is 526 Å². The molecule has 0 N–H and O–H groups in total. The predicted octanol–water partition coefficient (Wildman–Crippen LogP) is 20.6. The third-order valence-electron chi connectivity index (χ3n) is 19.7. The first-order chi connectivity index (χ1) is 34.1. The van der Waals surface area contributed by atoms with Crippen LogP contribution in [0.1, 0.15) is 54.0 Å². The summed E-state index contributed by atoms with van der Waals surface area (Å²) in [5.74, 6) is 0. The van der Waals surface area contributed by atoms with Crippen LogP contribution in [0.25, 0.3) is 0 Å². The maximum atomic E-state index is 3.19. The van der Waals surface area contributed by atoms with Gasteiger partial charge in [0.1, 0.15) is 0 Å². The Morgan fingerprint density at radius 2 is 0.405 bits per heavy atom. The van der Waals surface area contributed by atoms with Gasteiger partial charge in [-0.15, -0.1) is 0 Å². The molecule has 0 bridgehead atoms. The van der Waals surface area contributed by atoms with E-state index in [0.717, 1.165) is 20.7 Å². The number of hydrogen-bond donors (Lipinski definition) is 0. The molecule has 0 aromatic heterocycles. The molecular weight excluding hydrogens is 1310 g/mol. The Bertz CT molecular complexity index is 2190. The van der Waals surface area contributed by atoms with Crippen LogP contribution in [0.15, 0.2) is 24.3 Å². The Kier molecular flexibility index (Phi) is 22.7. The van der Waals surface area contributed by atoms with Gasteiger partial charge in [0.15, 0.2) is 0 Å². The van der Waals surface area contributed by atoms with Crippen LogP contribution < -0.4 is 8.79 Å². The van der Waals surface area contributed by atoms with Crippen molar-refractivity contribution in [2.45, 2.75) is 315 Å². The summed E-state index contributed by atoms with van der Waals surface area (Å²) in [5, 5.41) is 6.35. The first-order valence-electron chi connectivity index (χ1n) is 32.0. The molecule has 79 heavy (non-hydrogen) atoms. The van der Waals surface area contributed by atoms with E-state index in [2.05, 4.69) is 308 Å². The molecule has 17 heteroatoms. The summed E-state index contributed by atoms with van der Waals surface area (Å²) in [6.45, 7) is 119. The minimum atomic E-state index is -1.89. The summed E-state index contributed by atoms with van der Waals surface area (Å²) in [7, 11) is -24.4. The van der Waals surface area contributed by atoms with E-state index in [1.807, 2.05) is 33.4 Å². The van der Waals surface area contributed by atoms with E-state index in [1.54, 1.807) is 10.5 Å². The molecule has 0 nitrogen and oxygen atoms in total. The molecule has 0 amide bonds. The molecule has 1 aliphatic heterocycles. The second kappa shape index (κ2) is 23.5. The van der Waals surface area contributed by atoms with Gasteiger partial charge in [-0.3, -0.25) is 0 Å². The number of hydrogen-bond acceptors (Lipinski definition) is 0. The van der Waals surface area contributed by atoms with E-state index in [0.29, 0.717) is 8.57 Å². The summed E-state index contributed by atoms with van der Waals surface area (Å²) in [5.41, 5.74) is 13.3. The van der Waals surface area contributed by atoms with E-state index in [-0.39, 0.29) is 0 Å². The zero-order valence-electron chi connectivity index (χ0n) is 61.5. The Balaban J connectivity index is 3.30. The SMILES string of the molecule is C[Si](C)(C)C(c1cc(C([Si](C)(C)C)([Si](C)(C)C)[Si](C)(C)C)cc(C([Si](C)(C)C)[Si](C)(C)C)[c]1[Ge]1=[Si]=[Ge]([c]2c(C([Si](C)(C)C)[Si](C)(C)C)cc(C([Si](C)(C)C)([Si](C)(C)C)[Si](C)(C)C)cc2C([Si](C)(C)C)[Si](C)(C)C)[CH2][CH2]1)[Si](C)(C)C. The Hall–Kier alpha value is 2.78. The molecular formula is C62H138Ge2Si15. The molecule has 0 unspecified atom stereocenters. The topological polar surface area (TPSA) is 0 Å². The summed E-state index contributed by atoms with van der Waals surface area (Å²) >= 11 is -3.78. The van der Waals surface area contributed by atoms with Gasteiger partial charge in [0, 0.05) is 0 Å². The van der Waals surface area contributed by atoms with Gasteiger partial charge in [-0.05, 0) is 0 Å². The summed E-state index contributed by atoms with van der Waals surface area (Å²) in [4.78, 5) is 0. The van der Waals surface area contributed by atoms with Gasteiger partial charge in [-0.25, -0.2) is 0 Å². The van der Waals surface area contributed by atoms with Crippen molar-refractivity contribution >= 4 is 154 Å². The van der Waals surface area contributed by atoms with Crippen molar-refractivity contribution in [3.05, 3.63) is 57.6 Å². The molecule has 2 aromatic carbocycles. The van der Waals surface area contributed by atoms with Gasteiger partial charge in [-0.1, -0.05) is 0 Å². The quantitative estimate of drug-likeness (QED) is 0.103. The van der Waals surface area contributed by atoms with E-state index < -0.39 is 139 Å². The molecule has 3 rings (SSSR count). The first-order valence-corrected chi connectivity index (χ1v) is 94.0. The van der Waals surface area contributed by atoms with Crippen LogP contribution >= 0.6 is 0 Å². The van der Waals surface area contributed by atoms with Crippen molar-refractivity contribution < 1.29 is 0 Å². The molecule has 1 heterocycles. The monoisotopic (exact) mass is 1450 g/mol. The van der Waals surface area contributed by atoms with Crippen LogP contribution in [0.2, 0.25) is 285 Å². The molecule has 0 radical (unpaired) electrons. The van der Waals surface area contributed by atoms with Gasteiger partial charge in [-0.2, -0.15) is 0 Å². The summed E-state index contributed by atoms with van der Waals surface area (Å²) in [6, 6.07) is 12.8. The maximum absolute atomic E-state index is 3.19. The van der Waals surface area contributed by atoms with E-state index in [1.165, 1.54) is 5.64 Å². The third kappa shape index (κ3) is 15.2. The van der Waals surface area contributed by atoms with Gasteiger partial charge in [0.05, 0.1) is 0 Å². The van der Waals surface area contributed by atoms with Crippen molar-refractivity contribution in [3.8, 4) is 0 Å². The zero-order valence-corrected chi connectivity index (χ0v) is 80.7. The van der Waals surface area contributed by atoms with Crippen LogP contribution in [-0.4, -0.2) is 145 Å². The predicted molar refractivity (Wildman–Crippen MR) is 420 cm³/mol. The van der Waals surface area contributed by atoms with Gasteiger partial charge in [0.2, 0.25) is 0 Å². The normalized spacial score (nSPS) is 16.5. The molecule has 0 saturated heterocycles. The Morgan fingerprint density at radius 1 is 0.266 bits per heavy atom. The van der Waals surface area contributed by atoms with Crippen LogP contribution in [-0.2, 0) is 8.57 Å². The molecule has 2 aromatic rings. The number of benzene rings is 2. The van der Waals surface area contributed by atoms with Crippen LogP contribution in [0, 0.1) is 0 Å². The van der Waals surface area contributed by atoms with E-state index in [4.69, 9.17) is 0 Å². The average Bonchev–Trinajstić information content (AvgIpc) is 3.52. The molecule has 454 valence electrons. The first kappa shape index (κ1) is 76.0. The standard InChI is InChI=1S/C62H138Ge2Si15/c1-66(2,3)57(67(4,5)6)51-45-49(61(74(25,26)27,75(28,29)30)76(31,32)33)46-52(58(68(7,8)9)69(10,11)12)55(51)63-43-44-64(65-63)56-53(59(70(13,14)15)71(16,17)18)47-50(48-54(56)60(72(19,20)21)73(22,23)24)62(77(34,35)36,78(37,38)39)79(40,41)42/h45-48,57-60H,43-44H2,1-42H3. The fourth-order valence-corrected chi connectivity index (χ4v) is 193. The van der Waals surface area contributed by atoms with Crippen molar-refractivity contribution in [3.63, 3.8) is 0 Å². The number of rotatable bonds is 22. The van der Waals surface area contributed by atoms with E-state index in [9.17, 15) is 0 Å². The van der Waals surface area contributed by atoms with Crippen molar-refractivity contribution in [1.29, 1.82) is 0 Å². The van der Waals surface area contributed by atoms with Crippen molar-refractivity contribution in [2.24, 2.45) is 0 Å². The van der Waals surface area contributed by atoms with Crippen LogP contribution in [0.3, 0.4) is 0 Å². The molecule has 0 saturated carbocycles. The average molecular weight is 1450 g/mol. The van der Waals surface area contributed by atoms with Crippen LogP contribution in [0.4, 0.5) is 0 Å². The fourth-order valence-electron chi connectivity index (χ4n) is 22.6. The van der Waals surface area contributed by atoms with Crippen molar-refractivity contribution in [1.82, 2.24) is 0 Å². The Labute approximate surface area is 520 Å². The third-order valence-corrected chi connectivity index (χ3v) is 139. The minimum absolute atomic E-state index is 0.372. The zero-order chi connectivity index (χ0) is 63.0. The molecule has 0 spiro atoms. The Morgan fingerprint density at radius 3 is 0.519 bits per heavy atom. The van der Waals surface area contributed by atoms with Crippen LogP contribution in [0.5, 0.6) is 0 Å². The molecule has 0 aliphatic carbocycles. The van der Waals surface area contributed by atoms with Gasteiger partial charge in [0.25, 0.3) is 0 Å². The summed E-state index contributed by atoms with van der Waals surface area (Å²) < 4.78 is 5.10. The van der Waals surface area contributed by atoms with Gasteiger partial charge < -0.3 is 0 Å². The fraction of sp³-hybridized carbons (Fsp3) is 0.806. The molecule has 0 atom stereocenters. The molecule has 0 fully saturated rings. The van der Waals surface area contributed by atoms with E-state index >= 15 is 0 Å². The second-order valence-electron chi connectivity index (χ2n) is 41.3. The molecule has 1 aliphatic rings. The summed E-state index contributed by atoms with van der Waals surface area (Å²) in [6.07, 6.45) is 0. The second-order valence-corrected chi connectivity index (χ2v) is 145.